The number of halogens is 1. The second-order valence-electron chi connectivity index (χ2n) is 4.62. The number of nitrogens with one attached hydrogen (secondary N) is 1. The second-order valence-corrected chi connectivity index (χ2v) is 6.16. The van der Waals surface area contributed by atoms with E-state index in [9.17, 15) is 4.79 Å². The minimum Gasteiger partial charge on any atom is -0.496 e. The van der Waals surface area contributed by atoms with Crippen LogP contribution in [0.1, 0.15) is 12.0 Å². The smallest absolute Gasteiger partial charge is 0.221 e. The number of hydrogen-bond donors (Lipinski definition) is 1. The number of hydrogen-bond acceptors (Lipinski definition) is 3. The van der Waals surface area contributed by atoms with Crippen LogP contribution >= 0.6 is 23.4 Å². The molecule has 0 saturated heterocycles. The van der Waals surface area contributed by atoms with Crippen molar-refractivity contribution >= 4 is 29.3 Å². The minimum absolute atomic E-state index is 0.0189. The lowest BCUT2D eigenvalue weighted by atomic mass is 10.2. The van der Waals surface area contributed by atoms with Crippen LogP contribution in [0.2, 0.25) is 5.02 Å². The van der Waals surface area contributed by atoms with Crippen LogP contribution in [0.4, 0.5) is 0 Å². The van der Waals surface area contributed by atoms with Crippen LogP contribution in [0.25, 0.3) is 0 Å². The lowest BCUT2D eigenvalue weighted by Crippen LogP contribution is -2.23. The normalized spacial score (nSPS) is 10.3. The van der Waals surface area contributed by atoms with Gasteiger partial charge >= 0.3 is 0 Å². The Morgan fingerprint density at radius 3 is 2.68 bits per heavy atom. The standard InChI is InChI=1S/C17H18ClNO2S/c1-21-15-8-4-2-6-13(15)12-19-17(20)10-11-22-16-9-5-3-7-14(16)18/h2-9H,10-12H2,1H3,(H,19,20). The fourth-order valence-electron chi connectivity index (χ4n) is 1.95. The first-order valence-corrected chi connectivity index (χ1v) is 8.33. The van der Waals surface area contributed by atoms with Crippen molar-refractivity contribution in [2.75, 3.05) is 12.9 Å². The van der Waals surface area contributed by atoms with Crippen molar-refractivity contribution in [2.45, 2.75) is 17.9 Å². The highest BCUT2D eigenvalue weighted by Crippen LogP contribution is 2.26. The van der Waals surface area contributed by atoms with Gasteiger partial charge in [0, 0.05) is 29.2 Å². The van der Waals surface area contributed by atoms with Crippen molar-refractivity contribution in [3.05, 3.63) is 59.1 Å². The molecule has 0 bridgehead atoms. The highest BCUT2D eigenvalue weighted by Gasteiger charge is 2.06. The molecule has 0 fully saturated rings. The Hall–Kier alpha value is -1.65. The Morgan fingerprint density at radius 2 is 1.91 bits per heavy atom. The molecule has 2 aromatic carbocycles. The van der Waals surface area contributed by atoms with E-state index in [1.807, 2.05) is 48.5 Å². The van der Waals surface area contributed by atoms with E-state index < -0.39 is 0 Å². The van der Waals surface area contributed by atoms with Gasteiger partial charge in [0.25, 0.3) is 0 Å². The molecule has 3 nitrogen and oxygen atoms in total. The fourth-order valence-corrected chi connectivity index (χ4v) is 3.13. The minimum atomic E-state index is 0.0189. The second kappa shape index (κ2) is 8.71. The van der Waals surface area contributed by atoms with E-state index in [0.717, 1.165) is 21.2 Å². The van der Waals surface area contributed by atoms with Gasteiger partial charge in [0.2, 0.25) is 5.91 Å². The highest BCUT2D eigenvalue weighted by atomic mass is 35.5. The zero-order valence-electron chi connectivity index (χ0n) is 12.3. The average molecular weight is 336 g/mol. The SMILES string of the molecule is COc1ccccc1CNC(=O)CCSc1ccccc1Cl. The Bertz CT molecular complexity index is 634. The molecule has 116 valence electrons. The Labute approximate surface area is 140 Å². The molecule has 0 aliphatic carbocycles. The van der Waals surface area contributed by atoms with Gasteiger partial charge in [-0.15, -0.1) is 11.8 Å². The molecule has 1 N–H and O–H groups in total. The molecule has 0 atom stereocenters. The summed E-state index contributed by atoms with van der Waals surface area (Å²) in [6.07, 6.45) is 0.449. The first kappa shape index (κ1) is 16.7. The van der Waals surface area contributed by atoms with Gasteiger partial charge in [-0.1, -0.05) is 41.9 Å². The summed E-state index contributed by atoms with van der Waals surface area (Å²) in [7, 11) is 1.63. The summed E-state index contributed by atoms with van der Waals surface area (Å²) in [5.41, 5.74) is 0.970. The van der Waals surface area contributed by atoms with Crippen molar-refractivity contribution in [1.82, 2.24) is 5.32 Å². The maximum Gasteiger partial charge on any atom is 0.221 e. The molecular weight excluding hydrogens is 318 g/mol. The molecule has 2 rings (SSSR count). The van der Waals surface area contributed by atoms with E-state index in [-0.39, 0.29) is 5.91 Å². The molecule has 0 radical (unpaired) electrons. The van der Waals surface area contributed by atoms with Crippen molar-refractivity contribution in [3.8, 4) is 5.75 Å². The van der Waals surface area contributed by atoms with Crippen molar-refractivity contribution < 1.29 is 9.53 Å². The molecule has 0 aliphatic rings. The third kappa shape index (κ3) is 4.97. The fraction of sp³-hybridized carbons (Fsp3) is 0.235. The average Bonchev–Trinajstić information content (AvgIpc) is 2.55. The van der Waals surface area contributed by atoms with Gasteiger partial charge in [-0.05, 0) is 18.2 Å². The monoisotopic (exact) mass is 335 g/mol. The molecule has 2 aromatic rings. The number of benzene rings is 2. The van der Waals surface area contributed by atoms with Crippen LogP contribution in [-0.2, 0) is 11.3 Å². The van der Waals surface area contributed by atoms with Gasteiger partial charge in [-0.25, -0.2) is 0 Å². The highest BCUT2D eigenvalue weighted by molar-refractivity contribution is 7.99. The summed E-state index contributed by atoms with van der Waals surface area (Å²) in [4.78, 5) is 12.9. The van der Waals surface area contributed by atoms with E-state index in [1.54, 1.807) is 18.9 Å². The Morgan fingerprint density at radius 1 is 1.18 bits per heavy atom. The lowest BCUT2D eigenvalue weighted by molar-refractivity contribution is -0.120. The van der Waals surface area contributed by atoms with Gasteiger partial charge in [-0.2, -0.15) is 0 Å². The van der Waals surface area contributed by atoms with Crippen LogP contribution in [0.15, 0.2) is 53.4 Å². The molecule has 1 amide bonds. The third-order valence-corrected chi connectivity index (χ3v) is 4.61. The number of para-hydroxylation sites is 1. The Balaban J connectivity index is 1.75. The molecule has 0 aromatic heterocycles. The molecule has 22 heavy (non-hydrogen) atoms. The Kier molecular flexibility index (Phi) is 6.62. The van der Waals surface area contributed by atoms with E-state index in [4.69, 9.17) is 16.3 Å². The quantitative estimate of drug-likeness (QED) is 0.772. The summed E-state index contributed by atoms with van der Waals surface area (Å²) in [6, 6.07) is 15.3. The molecule has 0 spiro atoms. The van der Waals surface area contributed by atoms with E-state index in [2.05, 4.69) is 5.32 Å². The van der Waals surface area contributed by atoms with Crippen molar-refractivity contribution in [3.63, 3.8) is 0 Å². The van der Waals surface area contributed by atoms with Crippen molar-refractivity contribution in [1.29, 1.82) is 0 Å². The lowest BCUT2D eigenvalue weighted by Gasteiger charge is -2.09. The maximum atomic E-state index is 11.9. The number of carbonyl (C=O) groups excluding carboxylic acids is 1. The van der Waals surface area contributed by atoms with Gasteiger partial charge in [0.05, 0.1) is 12.1 Å². The van der Waals surface area contributed by atoms with Crippen LogP contribution in [0.5, 0.6) is 5.75 Å². The summed E-state index contributed by atoms with van der Waals surface area (Å²) in [5.74, 6) is 1.50. The number of ether oxygens (including phenoxy) is 1. The van der Waals surface area contributed by atoms with Crippen LogP contribution in [-0.4, -0.2) is 18.8 Å². The zero-order chi connectivity index (χ0) is 15.8. The van der Waals surface area contributed by atoms with Crippen molar-refractivity contribution in [2.24, 2.45) is 0 Å². The van der Waals surface area contributed by atoms with Crippen LogP contribution < -0.4 is 10.1 Å². The van der Waals surface area contributed by atoms with Crippen LogP contribution in [0, 0.1) is 0 Å². The molecule has 0 saturated carbocycles. The first-order chi connectivity index (χ1) is 10.7. The molecular formula is C17H18ClNO2S. The van der Waals surface area contributed by atoms with Crippen LogP contribution in [0.3, 0.4) is 0 Å². The number of rotatable bonds is 7. The van der Waals surface area contributed by atoms with Gasteiger partial charge in [0.1, 0.15) is 5.75 Å². The molecule has 0 unspecified atom stereocenters. The third-order valence-electron chi connectivity index (χ3n) is 3.09. The predicted molar refractivity (Wildman–Crippen MR) is 91.6 cm³/mol. The summed E-state index contributed by atoms with van der Waals surface area (Å²) in [5, 5.41) is 3.63. The number of amides is 1. The topological polar surface area (TPSA) is 38.3 Å². The molecule has 0 heterocycles. The molecule has 0 aliphatic heterocycles. The zero-order valence-corrected chi connectivity index (χ0v) is 13.9. The summed E-state index contributed by atoms with van der Waals surface area (Å²) < 4.78 is 5.26. The van der Waals surface area contributed by atoms with Gasteiger partial charge in [-0.3, -0.25) is 4.79 Å². The van der Waals surface area contributed by atoms with Gasteiger partial charge < -0.3 is 10.1 Å². The molecule has 5 heteroatoms. The van der Waals surface area contributed by atoms with Gasteiger partial charge in [0.15, 0.2) is 0 Å². The maximum absolute atomic E-state index is 11.9. The number of methoxy groups -OCH3 is 1. The first-order valence-electron chi connectivity index (χ1n) is 6.96. The summed E-state index contributed by atoms with van der Waals surface area (Å²) in [6.45, 7) is 0.472. The van der Waals surface area contributed by atoms with E-state index >= 15 is 0 Å². The number of thioether (sulfide) groups is 1. The number of carbonyl (C=O) groups is 1. The van der Waals surface area contributed by atoms with E-state index in [0.29, 0.717) is 18.7 Å². The predicted octanol–water partition coefficient (Wildman–Crippen LogP) is 4.15. The largest absolute Gasteiger partial charge is 0.496 e. The van der Waals surface area contributed by atoms with E-state index in [1.165, 1.54) is 0 Å². The summed E-state index contributed by atoms with van der Waals surface area (Å²) >= 11 is 7.67.